The Morgan fingerprint density at radius 3 is 2.71 bits per heavy atom. The molecule has 2 aliphatic rings. The largest absolute Gasteiger partial charge is 0.327 e. The first-order valence-corrected chi connectivity index (χ1v) is 5.94. The molecule has 4 heteroatoms. The standard InChI is InChI=1S/C13H18N2.2ClH/c14-12-7-10-4-5-13(12,8-10)9-11-3-1-2-6-15-11;;/h1-3,6,10,12H,4-5,7-9,14H2;2*1H. The van der Waals surface area contributed by atoms with Crippen molar-refractivity contribution in [2.75, 3.05) is 0 Å². The van der Waals surface area contributed by atoms with Crippen LogP contribution in [-0.2, 0) is 6.42 Å². The molecule has 0 aromatic carbocycles. The molecule has 2 fully saturated rings. The third-order valence-corrected chi connectivity index (χ3v) is 4.38. The van der Waals surface area contributed by atoms with Crippen molar-refractivity contribution >= 4 is 24.8 Å². The third kappa shape index (κ3) is 2.59. The van der Waals surface area contributed by atoms with E-state index in [0.717, 1.165) is 12.3 Å². The minimum Gasteiger partial charge on any atom is -0.327 e. The summed E-state index contributed by atoms with van der Waals surface area (Å²) in [4.78, 5) is 4.43. The molecule has 1 aromatic heterocycles. The Kier molecular flexibility index (Phi) is 4.82. The summed E-state index contributed by atoms with van der Waals surface area (Å²) in [5.41, 5.74) is 7.88. The van der Waals surface area contributed by atoms with Crippen LogP contribution in [0.2, 0.25) is 0 Å². The van der Waals surface area contributed by atoms with E-state index in [1.54, 1.807) is 0 Å². The zero-order valence-corrected chi connectivity index (χ0v) is 11.5. The third-order valence-electron chi connectivity index (χ3n) is 4.38. The average molecular weight is 275 g/mol. The van der Waals surface area contributed by atoms with Crippen LogP contribution >= 0.6 is 24.8 Å². The van der Waals surface area contributed by atoms with Crippen LogP contribution in [0.15, 0.2) is 24.4 Å². The molecule has 0 saturated heterocycles. The van der Waals surface area contributed by atoms with Gasteiger partial charge in [0, 0.05) is 17.9 Å². The van der Waals surface area contributed by atoms with E-state index < -0.39 is 0 Å². The monoisotopic (exact) mass is 274 g/mol. The molecule has 1 heterocycles. The van der Waals surface area contributed by atoms with E-state index >= 15 is 0 Å². The highest BCUT2D eigenvalue weighted by Crippen LogP contribution is 2.54. The van der Waals surface area contributed by atoms with Crippen LogP contribution in [0.1, 0.15) is 31.4 Å². The van der Waals surface area contributed by atoms with E-state index in [9.17, 15) is 0 Å². The number of hydrogen-bond donors (Lipinski definition) is 1. The maximum absolute atomic E-state index is 6.27. The number of aromatic nitrogens is 1. The molecule has 0 amide bonds. The summed E-state index contributed by atoms with van der Waals surface area (Å²) in [5, 5.41) is 0. The van der Waals surface area contributed by atoms with Crippen molar-refractivity contribution < 1.29 is 0 Å². The van der Waals surface area contributed by atoms with Crippen molar-refractivity contribution in [1.82, 2.24) is 4.98 Å². The van der Waals surface area contributed by atoms with Gasteiger partial charge in [0.1, 0.15) is 0 Å². The lowest BCUT2D eigenvalue weighted by Crippen LogP contribution is -2.39. The second kappa shape index (κ2) is 5.55. The lowest BCUT2D eigenvalue weighted by molar-refractivity contribution is 0.246. The van der Waals surface area contributed by atoms with Gasteiger partial charge in [0.15, 0.2) is 0 Å². The van der Waals surface area contributed by atoms with Crippen LogP contribution in [0, 0.1) is 11.3 Å². The van der Waals surface area contributed by atoms with Crippen LogP contribution in [0.4, 0.5) is 0 Å². The lowest BCUT2D eigenvalue weighted by atomic mass is 9.76. The predicted octanol–water partition coefficient (Wildman–Crippen LogP) is 2.99. The average Bonchev–Trinajstić information content (AvgIpc) is 2.76. The van der Waals surface area contributed by atoms with Crippen molar-refractivity contribution in [1.29, 1.82) is 0 Å². The summed E-state index contributed by atoms with van der Waals surface area (Å²) in [6.45, 7) is 0. The molecule has 3 atom stereocenters. The molecule has 1 aromatic rings. The van der Waals surface area contributed by atoms with Crippen LogP contribution in [-0.4, -0.2) is 11.0 Å². The first-order valence-electron chi connectivity index (χ1n) is 5.94. The van der Waals surface area contributed by atoms with Crippen LogP contribution in [0.3, 0.4) is 0 Å². The van der Waals surface area contributed by atoms with Gasteiger partial charge in [0.05, 0.1) is 0 Å². The van der Waals surface area contributed by atoms with Crippen molar-refractivity contribution in [2.45, 2.75) is 38.1 Å². The van der Waals surface area contributed by atoms with Gasteiger partial charge in [-0.2, -0.15) is 0 Å². The molecule has 2 saturated carbocycles. The summed E-state index contributed by atoms with van der Waals surface area (Å²) in [5.74, 6) is 0.906. The molecule has 96 valence electrons. The molecular formula is C13H20Cl2N2. The van der Waals surface area contributed by atoms with E-state index in [4.69, 9.17) is 5.73 Å². The van der Waals surface area contributed by atoms with Crippen molar-refractivity contribution in [2.24, 2.45) is 17.1 Å². The molecule has 2 N–H and O–H groups in total. The quantitative estimate of drug-likeness (QED) is 0.901. The SMILES string of the molecule is Cl.Cl.NC1CC2CCC1(Cc1ccccn1)C2. The zero-order valence-electron chi connectivity index (χ0n) is 9.84. The van der Waals surface area contributed by atoms with Gasteiger partial charge >= 0.3 is 0 Å². The summed E-state index contributed by atoms with van der Waals surface area (Å²) in [6, 6.07) is 6.60. The van der Waals surface area contributed by atoms with E-state index in [1.165, 1.54) is 31.4 Å². The Hall–Kier alpha value is -0.310. The number of nitrogens with two attached hydrogens (primary N) is 1. The fourth-order valence-electron chi connectivity index (χ4n) is 3.57. The van der Waals surface area contributed by atoms with Crippen molar-refractivity contribution in [3.8, 4) is 0 Å². The molecule has 2 aliphatic carbocycles. The van der Waals surface area contributed by atoms with Gasteiger partial charge in [-0.05, 0) is 55.6 Å². The Bertz CT molecular complexity index is 358. The summed E-state index contributed by atoms with van der Waals surface area (Å²) in [6.07, 6.45) is 8.26. The van der Waals surface area contributed by atoms with Gasteiger partial charge in [-0.25, -0.2) is 0 Å². The van der Waals surface area contributed by atoms with Crippen LogP contribution in [0.5, 0.6) is 0 Å². The molecule has 3 rings (SSSR count). The van der Waals surface area contributed by atoms with Gasteiger partial charge < -0.3 is 5.73 Å². The van der Waals surface area contributed by atoms with Gasteiger partial charge in [-0.15, -0.1) is 24.8 Å². The highest BCUT2D eigenvalue weighted by molar-refractivity contribution is 5.85. The highest BCUT2D eigenvalue weighted by Gasteiger charge is 2.50. The highest BCUT2D eigenvalue weighted by atomic mass is 35.5. The van der Waals surface area contributed by atoms with Crippen LogP contribution < -0.4 is 5.73 Å². The Morgan fingerprint density at radius 2 is 2.18 bits per heavy atom. The molecule has 2 nitrogen and oxygen atoms in total. The van der Waals surface area contributed by atoms with Gasteiger partial charge in [0.25, 0.3) is 0 Å². The van der Waals surface area contributed by atoms with Gasteiger partial charge in [0.2, 0.25) is 0 Å². The Morgan fingerprint density at radius 1 is 1.35 bits per heavy atom. The predicted molar refractivity (Wildman–Crippen MR) is 74.8 cm³/mol. The number of fused-ring (bicyclic) bond motifs is 2. The number of pyridine rings is 1. The number of halogens is 2. The van der Waals surface area contributed by atoms with E-state index in [1.807, 2.05) is 12.3 Å². The topological polar surface area (TPSA) is 38.9 Å². The molecule has 0 radical (unpaired) electrons. The summed E-state index contributed by atoms with van der Waals surface area (Å²) < 4.78 is 0. The van der Waals surface area contributed by atoms with Crippen LogP contribution in [0.25, 0.3) is 0 Å². The smallest absolute Gasteiger partial charge is 0.0409 e. The van der Waals surface area contributed by atoms with E-state index in [-0.39, 0.29) is 24.8 Å². The second-order valence-corrected chi connectivity index (χ2v) is 5.31. The number of rotatable bonds is 2. The van der Waals surface area contributed by atoms with E-state index in [2.05, 4.69) is 17.1 Å². The fourth-order valence-corrected chi connectivity index (χ4v) is 3.57. The second-order valence-electron chi connectivity index (χ2n) is 5.31. The normalized spacial score (nSPS) is 33.9. The molecular weight excluding hydrogens is 255 g/mol. The maximum atomic E-state index is 6.27. The van der Waals surface area contributed by atoms with Crippen molar-refractivity contribution in [3.05, 3.63) is 30.1 Å². The molecule has 0 aliphatic heterocycles. The molecule has 17 heavy (non-hydrogen) atoms. The minimum atomic E-state index is 0. The minimum absolute atomic E-state index is 0. The fraction of sp³-hybridized carbons (Fsp3) is 0.615. The summed E-state index contributed by atoms with van der Waals surface area (Å²) in [7, 11) is 0. The first kappa shape index (κ1) is 14.7. The van der Waals surface area contributed by atoms with Crippen molar-refractivity contribution in [3.63, 3.8) is 0 Å². The van der Waals surface area contributed by atoms with Gasteiger partial charge in [-0.1, -0.05) is 6.07 Å². The molecule has 3 unspecified atom stereocenters. The molecule has 2 bridgehead atoms. The number of nitrogens with zero attached hydrogens (tertiary/aromatic N) is 1. The Labute approximate surface area is 115 Å². The Balaban J connectivity index is 0.000000722. The van der Waals surface area contributed by atoms with Gasteiger partial charge in [-0.3, -0.25) is 4.98 Å². The number of hydrogen-bond acceptors (Lipinski definition) is 2. The maximum Gasteiger partial charge on any atom is 0.0409 e. The first-order chi connectivity index (χ1) is 7.28. The summed E-state index contributed by atoms with van der Waals surface area (Å²) >= 11 is 0. The zero-order chi connectivity index (χ0) is 10.3. The lowest BCUT2D eigenvalue weighted by Gasteiger charge is -2.32. The van der Waals surface area contributed by atoms with E-state index in [0.29, 0.717) is 11.5 Å². The molecule has 0 spiro atoms.